The van der Waals surface area contributed by atoms with E-state index in [-0.39, 0.29) is 0 Å². The Bertz CT molecular complexity index is 486. The summed E-state index contributed by atoms with van der Waals surface area (Å²) in [6.07, 6.45) is 3.82. The van der Waals surface area contributed by atoms with Crippen LogP contribution in [0.15, 0.2) is 36.4 Å². The van der Waals surface area contributed by atoms with Crippen molar-refractivity contribution in [2.24, 2.45) is 0 Å². The highest BCUT2D eigenvalue weighted by molar-refractivity contribution is 6.29. The highest BCUT2D eigenvalue weighted by atomic mass is 35.5. The lowest BCUT2D eigenvalue weighted by molar-refractivity contribution is 1.08. The van der Waals surface area contributed by atoms with Crippen LogP contribution in [0.3, 0.4) is 0 Å². The van der Waals surface area contributed by atoms with Gasteiger partial charge in [0.05, 0.1) is 0 Å². The van der Waals surface area contributed by atoms with Gasteiger partial charge < -0.3 is 0 Å². The van der Waals surface area contributed by atoms with Gasteiger partial charge in [0.25, 0.3) is 0 Å². The van der Waals surface area contributed by atoms with E-state index in [9.17, 15) is 0 Å². The maximum atomic E-state index is 5.85. The third-order valence-electron chi connectivity index (χ3n) is 2.06. The molecule has 0 radical (unpaired) electrons. The Balaban J connectivity index is 2.24. The Kier molecular flexibility index (Phi) is 3.32. The molecule has 16 heavy (non-hydrogen) atoms. The van der Waals surface area contributed by atoms with Crippen molar-refractivity contribution < 1.29 is 0 Å². The van der Waals surface area contributed by atoms with Gasteiger partial charge in [-0.3, -0.25) is 0 Å². The first-order chi connectivity index (χ1) is 7.74. The van der Waals surface area contributed by atoms with E-state index in [0.29, 0.717) is 11.0 Å². The van der Waals surface area contributed by atoms with Gasteiger partial charge >= 0.3 is 0 Å². The van der Waals surface area contributed by atoms with Crippen LogP contribution in [0.1, 0.15) is 17.1 Å². The molecule has 0 fully saturated rings. The molecule has 0 saturated heterocycles. The fourth-order valence-corrected chi connectivity index (χ4v) is 1.61. The number of halogens is 1. The van der Waals surface area contributed by atoms with E-state index in [1.807, 2.05) is 49.4 Å². The number of rotatable bonds is 2. The molecule has 0 amide bonds. The monoisotopic (exact) mass is 230 g/mol. The molecule has 0 atom stereocenters. The third kappa shape index (κ3) is 2.91. The average Bonchev–Trinajstić information content (AvgIpc) is 2.27. The average molecular weight is 231 g/mol. The quantitative estimate of drug-likeness (QED) is 0.737. The zero-order valence-electron chi connectivity index (χ0n) is 8.89. The lowest BCUT2D eigenvalue weighted by Crippen LogP contribution is -1.90. The number of aryl methyl sites for hydroxylation is 1. The highest BCUT2D eigenvalue weighted by Gasteiger charge is 1.96. The molecule has 2 rings (SSSR count). The molecule has 80 valence electrons. The normalized spacial score (nSPS) is 10.9. The van der Waals surface area contributed by atoms with E-state index in [1.165, 1.54) is 0 Å². The van der Waals surface area contributed by atoms with E-state index >= 15 is 0 Å². The molecule has 3 heteroatoms. The Labute approximate surface area is 99.6 Å². The molecule has 0 aliphatic rings. The maximum Gasteiger partial charge on any atom is 0.153 e. The maximum absolute atomic E-state index is 5.85. The van der Waals surface area contributed by atoms with E-state index in [1.54, 1.807) is 6.07 Å². The van der Waals surface area contributed by atoms with E-state index in [2.05, 4.69) is 9.97 Å². The molecule has 0 spiro atoms. The second kappa shape index (κ2) is 4.90. The van der Waals surface area contributed by atoms with Gasteiger partial charge in [0.2, 0.25) is 0 Å². The summed E-state index contributed by atoms with van der Waals surface area (Å²) in [5.41, 5.74) is 1.98. The van der Waals surface area contributed by atoms with Gasteiger partial charge in [-0.2, -0.15) is 0 Å². The summed E-state index contributed by atoms with van der Waals surface area (Å²) in [6, 6.07) is 11.7. The van der Waals surface area contributed by atoms with Crippen molar-refractivity contribution in [3.63, 3.8) is 0 Å². The largest absolute Gasteiger partial charge is 0.234 e. The van der Waals surface area contributed by atoms with E-state index in [0.717, 1.165) is 11.3 Å². The summed E-state index contributed by atoms with van der Waals surface area (Å²) in [5, 5.41) is 0.472. The first-order valence-electron chi connectivity index (χ1n) is 4.98. The number of aromatic nitrogens is 2. The number of nitrogens with zero attached hydrogens (tertiary/aromatic N) is 2. The van der Waals surface area contributed by atoms with E-state index < -0.39 is 0 Å². The SMILES string of the molecule is Cc1cc(Cl)nc(/C=C/c2ccccc2)n1. The van der Waals surface area contributed by atoms with Gasteiger partial charge in [0.15, 0.2) is 5.82 Å². The van der Waals surface area contributed by atoms with E-state index in [4.69, 9.17) is 11.6 Å². The molecular formula is C13H11ClN2. The van der Waals surface area contributed by atoms with Crippen molar-refractivity contribution >= 4 is 23.8 Å². The summed E-state index contributed by atoms with van der Waals surface area (Å²) >= 11 is 5.85. The fourth-order valence-electron chi connectivity index (χ4n) is 1.36. The van der Waals surface area contributed by atoms with Gasteiger partial charge in [-0.1, -0.05) is 48.0 Å². The molecule has 0 aliphatic carbocycles. The number of hydrogen-bond acceptors (Lipinski definition) is 2. The Morgan fingerprint density at radius 3 is 2.50 bits per heavy atom. The molecule has 2 aromatic rings. The van der Waals surface area contributed by atoms with Crippen LogP contribution < -0.4 is 0 Å². The Morgan fingerprint density at radius 2 is 1.81 bits per heavy atom. The van der Waals surface area contributed by atoms with Crippen molar-refractivity contribution in [1.29, 1.82) is 0 Å². The molecular weight excluding hydrogens is 220 g/mol. The summed E-state index contributed by atoms with van der Waals surface area (Å²) in [6.45, 7) is 1.90. The Morgan fingerprint density at radius 1 is 1.06 bits per heavy atom. The number of hydrogen-bond donors (Lipinski definition) is 0. The lowest BCUT2D eigenvalue weighted by Gasteiger charge is -1.96. The summed E-state index contributed by atoms with van der Waals surface area (Å²) in [4.78, 5) is 8.38. The summed E-state index contributed by atoms with van der Waals surface area (Å²) in [7, 11) is 0. The standard InChI is InChI=1S/C13H11ClN2/c1-10-9-12(14)16-13(15-10)8-7-11-5-3-2-4-6-11/h2-9H,1H3/b8-7+. The summed E-state index contributed by atoms with van der Waals surface area (Å²) in [5.74, 6) is 0.633. The number of benzene rings is 1. The van der Waals surface area contributed by atoms with Crippen molar-refractivity contribution in [3.05, 3.63) is 58.6 Å². The second-order valence-corrected chi connectivity index (χ2v) is 3.82. The smallest absolute Gasteiger partial charge is 0.153 e. The van der Waals surface area contributed by atoms with Crippen LogP contribution in [0.2, 0.25) is 5.15 Å². The minimum atomic E-state index is 0.472. The third-order valence-corrected chi connectivity index (χ3v) is 2.26. The highest BCUT2D eigenvalue weighted by Crippen LogP contribution is 2.09. The molecule has 1 aromatic carbocycles. The predicted molar refractivity (Wildman–Crippen MR) is 67.1 cm³/mol. The van der Waals surface area contributed by atoms with Crippen LogP contribution in [0.4, 0.5) is 0 Å². The van der Waals surface area contributed by atoms with Gasteiger partial charge in [-0.25, -0.2) is 9.97 Å². The van der Waals surface area contributed by atoms with Gasteiger partial charge in [0, 0.05) is 5.69 Å². The first kappa shape index (κ1) is 10.8. The van der Waals surface area contributed by atoms with Crippen molar-refractivity contribution in [2.75, 3.05) is 0 Å². The predicted octanol–water partition coefficient (Wildman–Crippen LogP) is 3.61. The van der Waals surface area contributed by atoms with Crippen LogP contribution in [0, 0.1) is 6.92 Å². The molecule has 0 aliphatic heterocycles. The molecule has 1 aromatic heterocycles. The fraction of sp³-hybridized carbons (Fsp3) is 0.0769. The minimum absolute atomic E-state index is 0.472. The van der Waals surface area contributed by atoms with Gasteiger partial charge in [-0.15, -0.1) is 0 Å². The van der Waals surface area contributed by atoms with Crippen LogP contribution in [-0.4, -0.2) is 9.97 Å². The van der Waals surface area contributed by atoms with Crippen LogP contribution in [-0.2, 0) is 0 Å². The topological polar surface area (TPSA) is 25.8 Å². The van der Waals surface area contributed by atoms with Crippen LogP contribution in [0.5, 0.6) is 0 Å². The molecule has 0 saturated carbocycles. The van der Waals surface area contributed by atoms with Crippen molar-refractivity contribution in [2.45, 2.75) is 6.92 Å². The lowest BCUT2D eigenvalue weighted by atomic mass is 10.2. The zero-order valence-corrected chi connectivity index (χ0v) is 9.65. The molecule has 2 nitrogen and oxygen atoms in total. The molecule has 0 unspecified atom stereocenters. The minimum Gasteiger partial charge on any atom is -0.234 e. The first-order valence-corrected chi connectivity index (χ1v) is 5.36. The molecule has 0 bridgehead atoms. The van der Waals surface area contributed by atoms with Crippen LogP contribution >= 0.6 is 11.6 Å². The van der Waals surface area contributed by atoms with Crippen molar-refractivity contribution in [3.8, 4) is 0 Å². The Hall–Kier alpha value is -1.67. The van der Waals surface area contributed by atoms with Gasteiger partial charge in [-0.05, 0) is 24.6 Å². The molecule has 1 heterocycles. The molecule has 0 N–H and O–H groups in total. The zero-order chi connectivity index (χ0) is 11.4. The summed E-state index contributed by atoms with van der Waals surface area (Å²) < 4.78 is 0. The van der Waals surface area contributed by atoms with Gasteiger partial charge in [0.1, 0.15) is 5.15 Å². The van der Waals surface area contributed by atoms with Crippen LogP contribution in [0.25, 0.3) is 12.2 Å². The van der Waals surface area contributed by atoms with Crippen molar-refractivity contribution in [1.82, 2.24) is 9.97 Å². The second-order valence-electron chi connectivity index (χ2n) is 3.43.